The minimum absolute atomic E-state index is 0.312. The first-order valence-corrected chi connectivity index (χ1v) is 6.23. The average molecular weight is 272 g/mol. The van der Waals surface area contributed by atoms with Gasteiger partial charge in [-0.2, -0.15) is 0 Å². The second-order valence-corrected chi connectivity index (χ2v) is 5.61. The van der Waals surface area contributed by atoms with Crippen molar-refractivity contribution < 1.29 is 22.1 Å². The van der Waals surface area contributed by atoms with E-state index < -0.39 is 42.6 Å². The number of hydrogen-bond acceptors (Lipinski definition) is 4. The molecule has 0 fully saturated rings. The Morgan fingerprint density at radius 3 is 2.25 bits per heavy atom. The summed E-state index contributed by atoms with van der Waals surface area (Å²) in [6, 6.07) is 0.750. The Morgan fingerprint density at radius 2 is 1.81 bits per heavy atom. The van der Waals surface area contributed by atoms with E-state index >= 15 is 0 Å². The smallest absolute Gasteiger partial charge is 0.258 e. The standard InChI is InChI=1S/C7H4ClF2NO4S/c8-16(14,15)3-4-1-5(9)6(10)2-7(4)11(12)13/h1-2H,3H2. The minimum Gasteiger partial charge on any atom is -0.258 e. The van der Waals surface area contributed by atoms with Gasteiger partial charge in [-0.25, -0.2) is 17.2 Å². The van der Waals surface area contributed by atoms with Gasteiger partial charge in [-0.05, 0) is 6.07 Å². The van der Waals surface area contributed by atoms with Crippen molar-refractivity contribution in [2.45, 2.75) is 5.75 Å². The van der Waals surface area contributed by atoms with Gasteiger partial charge in [-0.3, -0.25) is 10.1 Å². The third-order valence-electron chi connectivity index (χ3n) is 1.65. The summed E-state index contributed by atoms with van der Waals surface area (Å²) in [7, 11) is 0.786. The van der Waals surface area contributed by atoms with Crippen LogP contribution < -0.4 is 0 Å². The Labute approximate surface area is 93.2 Å². The predicted octanol–water partition coefficient (Wildman–Crippen LogP) is 1.94. The zero-order chi connectivity index (χ0) is 12.5. The first-order chi connectivity index (χ1) is 7.20. The fraction of sp³-hybridized carbons (Fsp3) is 0.143. The van der Waals surface area contributed by atoms with Crippen LogP contribution in [0.15, 0.2) is 12.1 Å². The van der Waals surface area contributed by atoms with Gasteiger partial charge in [-0.15, -0.1) is 0 Å². The van der Waals surface area contributed by atoms with Crippen molar-refractivity contribution >= 4 is 25.4 Å². The van der Waals surface area contributed by atoms with E-state index in [1.807, 2.05) is 0 Å². The fourth-order valence-corrected chi connectivity index (χ4v) is 2.00. The van der Waals surface area contributed by atoms with Gasteiger partial charge in [0, 0.05) is 16.2 Å². The van der Waals surface area contributed by atoms with E-state index in [0.29, 0.717) is 12.1 Å². The maximum atomic E-state index is 12.8. The molecule has 0 heterocycles. The lowest BCUT2D eigenvalue weighted by atomic mass is 10.2. The van der Waals surface area contributed by atoms with Crippen LogP contribution in [0.3, 0.4) is 0 Å². The van der Waals surface area contributed by atoms with Gasteiger partial charge < -0.3 is 0 Å². The van der Waals surface area contributed by atoms with Crippen LogP contribution in [0.4, 0.5) is 14.5 Å². The summed E-state index contributed by atoms with van der Waals surface area (Å²) in [4.78, 5) is 9.44. The largest absolute Gasteiger partial charge is 0.276 e. The van der Waals surface area contributed by atoms with E-state index in [0.717, 1.165) is 0 Å². The summed E-state index contributed by atoms with van der Waals surface area (Å²) in [6.45, 7) is 0. The van der Waals surface area contributed by atoms with E-state index in [9.17, 15) is 27.3 Å². The molecule has 9 heteroatoms. The summed E-state index contributed by atoms with van der Waals surface area (Å²) < 4.78 is 46.8. The van der Waals surface area contributed by atoms with E-state index in [1.165, 1.54) is 0 Å². The molecular formula is C7H4ClF2NO4S. The lowest BCUT2D eigenvalue weighted by Crippen LogP contribution is -2.02. The zero-order valence-corrected chi connectivity index (χ0v) is 9.06. The second kappa shape index (κ2) is 4.30. The van der Waals surface area contributed by atoms with Crippen LogP contribution in [0, 0.1) is 21.7 Å². The number of halogens is 3. The van der Waals surface area contributed by atoms with Gasteiger partial charge in [0.25, 0.3) is 5.69 Å². The molecule has 0 amide bonds. The highest BCUT2D eigenvalue weighted by molar-refractivity contribution is 8.13. The number of rotatable bonds is 3. The van der Waals surface area contributed by atoms with Gasteiger partial charge in [0.1, 0.15) is 0 Å². The summed E-state index contributed by atoms with van der Waals surface area (Å²) in [5.74, 6) is -3.74. The monoisotopic (exact) mass is 271 g/mol. The molecule has 5 nitrogen and oxygen atoms in total. The van der Waals surface area contributed by atoms with Crippen LogP contribution >= 0.6 is 10.7 Å². The van der Waals surface area contributed by atoms with Crippen LogP contribution in [0.2, 0.25) is 0 Å². The molecule has 0 bridgehead atoms. The highest BCUT2D eigenvalue weighted by Gasteiger charge is 2.22. The van der Waals surface area contributed by atoms with Crippen molar-refractivity contribution in [3.05, 3.63) is 39.4 Å². The van der Waals surface area contributed by atoms with Crippen molar-refractivity contribution in [3.8, 4) is 0 Å². The van der Waals surface area contributed by atoms with Crippen LogP contribution in [0.5, 0.6) is 0 Å². The maximum Gasteiger partial charge on any atom is 0.276 e. The molecule has 1 rings (SSSR count). The normalized spacial score (nSPS) is 11.4. The second-order valence-electron chi connectivity index (χ2n) is 2.84. The number of nitrogens with zero attached hydrogens (tertiary/aromatic N) is 1. The molecule has 0 N–H and O–H groups in total. The molecule has 16 heavy (non-hydrogen) atoms. The molecule has 0 aromatic heterocycles. The molecule has 0 unspecified atom stereocenters. The summed E-state index contributed by atoms with van der Waals surface area (Å²) in [6.07, 6.45) is 0. The number of hydrogen-bond donors (Lipinski definition) is 0. The molecular weight excluding hydrogens is 268 g/mol. The number of benzene rings is 1. The molecule has 0 aliphatic rings. The molecule has 0 radical (unpaired) electrons. The van der Waals surface area contributed by atoms with Gasteiger partial charge in [0.05, 0.1) is 16.7 Å². The number of nitro groups is 1. The van der Waals surface area contributed by atoms with Crippen molar-refractivity contribution in [3.63, 3.8) is 0 Å². The molecule has 0 spiro atoms. The summed E-state index contributed by atoms with van der Waals surface area (Å²) in [5.41, 5.74) is -1.33. The molecule has 0 aliphatic carbocycles. The average Bonchev–Trinajstić information content (AvgIpc) is 2.07. The Kier molecular flexibility index (Phi) is 3.44. The first-order valence-electron chi connectivity index (χ1n) is 3.75. The molecule has 1 aromatic rings. The Bertz CT molecular complexity index is 546. The highest BCUT2D eigenvalue weighted by atomic mass is 35.7. The molecule has 0 saturated heterocycles. The van der Waals surface area contributed by atoms with Gasteiger partial charge >= 0.3 is 0 Å². The van der Waals surface area contributed by atoms with Crippen LogP contribution in [0.1, 0.15) is 5.56 Å². The summed E-state index contributed by atoms with van der Waals surface area (Å²) >= 11 is 0. The van der Waals surface area contributed by atoms with Crippen LogP contribution in [-0.4, -0.2) is 13.3 Å². The highest BCUT2D eigenvalue weighted by Crippen LogP contribution is 2.24. The third-order valence-corrected chi connectivity index (χ3v) is 2.63. The van der Waals surface area contributed by atoms with E-state index in [-0.39, 0.29) is 0 Å². The van der Waals surface area contributed by atoms with Crippen molar-refractivity contribution in [2.24, 2.45) is 0 Å². The van der Waals surface area contributed by atoms with E-state index in [2.05, 4.69) is 0 Å². The fourth-order valence-electron chi connectivity index (χ4n) is 1.05. The quantitative estimate of drug-likeness (QED) is 0.478. The topological polar surface area (TPSA) is 77.3 Å². The molecule has 1 aromatic carbocycles. The lowest BCUT2D eigenvalue weighted by Gasteiger charge is -2.01. The zero-order valence-electron chi connectivity index (χ0n) is 7.48. The van der Waals surface area contributed by atoms with Crippen molar-refractivity contribution in [2.75, 3.05) is 0 Å². The molecule has 88 valence electrons. The SMILES string of the molecule is O=[N+]([O-])c1cc(F)c(F)cc1CS(=O)(=O)Cl. The Morgan fingerprint density at radius 1 is 1.31 bits per heavy atom. The minimum atomic E-state index is -4.08. The van der Waals surface area contributed by atoms with Gasteiger partial charge in [0.2, 0.25) is 9.05 Å². The van der Waals surface area contributed by atoms with Crippen molar-refractivity contribution in [1.29, 1.82) is 0 Å². The third kappa shape index (κ3) is 3.11. The maximum absolute atomic E-state index is 12.8. The van der Waals surface area contributed by atoms with Crippen LogP contribution in [-0.2, 0) is 14.8 Å². The van der Waals surface area contributed by atoms with E-state index in [1.54, 1.807) is 0 Å². The number of nitro benzene ring substituents is 1. The lowest BCUT2D eigenvalue weighted by molar-refractivity contribution is -0.385. The van der Waals surface area contributed by atoms with Crippen molar-refractivity contribution in [1.82, 2.24) is 0 Å². The van der Waals surface area contributed by atoms with Gasteiger partial charge in [0.15, 0.2) is 11.6 Å². The summed E-state index contributed by atoms with van der Waals surface area (Å²) in [5, 5.41) is 10.4. The van der Waals surface area contributed by atoms with Crippen LogP contribution in [0.25, 0.3) is 0 Å². The predicted molar refractivity (Wildman–Crippen MR) is 51.5 cm³/mol. The van der Waals surface area contributed by atoms with Gasteiger partial charge in [-0.1, -0.05) is 0 Å². The molecule has 0 aliphatic heterocycles. The first kappa shape index (κ1) is 12.8. The Balaban J connectivity index is 3.36. The Hall–Kier alpha value is -1.28. The molecule has 0 saturated carbocycles. The molecule has 0 atom stereocenters. The van der Waals surface area contributed by atoms with E-state index in [4.69, 9.17) is 10.7 Å².